The fourth-order valence-corrected chi connectivity index (χ4v) is 4.47. The number of hydrogen-bond donors (Lipinski definition) is 3. The van der Waals surface area contributed by atoms with Crippen LogP contribution in [0.15, 0.2) is 37.0 Å². The normalized spacial score (nSPS) is 27.9. The summed E-state index contributed by atoms with van der Waals surface area (Å²) in [7, 11) is 0. The molecule has 2 unspecified atom stereocenters. The number of aliphatic hydroxyl groups is 2. The molecule has 156 valence electrons. The van der Waals surface area contributed by atoms with Gasteiger partial charge in [0.15, 0.2) is 0 Å². The molecule has 5 nitrogen and oxygen atoms in total. The zero-order chi connectivity index (χ0) is 20.6. The van der Waals surface area contributed by atoms with Gasteiger partial charge in [-0.05, 0) is 44.9 Å². The van der Waals surface area contributed by atoms with Gasteiger partial charge < -0.3 is 15.3 Å². The maximum Gasteiger partial charge on any atom is 0.303 e. The topological polar surface area (TPSA) is 94.8 Å². The van der Waals surface area contributed by atoms with Gasteiger partial charge >= 0.3 is 5.97 Å². The molecule has 2 saturated carbocycles. The number of carboxylic acid groups (broad SMARTS) is 1. The first-order valence-electron chi connectivity index (χ1n) is 10.4. The number of rotatable bonds is 12. The van der Waals surface area contributed by atoms with Crippen LogP contribution in [0.2, 0.25) is 0 Å². The van der Waals surface area contributed by atoms with Crippen LogP contribution in [-0.4, -0.2) is 39.3 Å². The van der Waals surface area contributed by atoms with Crippen molar-refractivity contribution in [3.05, 3.63) is 37.0 Å². The molecule has 0 aromatic carbocycles. The standard InChI is InChI=1S/C23H34O5/c1-2-13-23(14-8-15-23)21(26)11-7-10-18-17(19(24)16-20(18)25)9-5-3-4-6-12-22(27)28/h2-3,5,7,10,17-18,20-21,25-26H,1,4,6,8-9,11-16H2,(H,27,28)/t17-,18-,20?,21?/m1/s1. The maximum absolute atomic E-state index is 12.2. The van der Waals surface area contributed by atoms with Crippen LogP contribution in [0.1, 0.15) is 64.2 Å². The number of carbonyl (C=O) groups excluding carboxylic acids is 1. The van der Waals surface area contributed by atoms with Crippen LogP contribution in [0.25, 0.3) is 0 Å². The second kappa shape index (κ2) is 10.7. The number of unbranched alkanes of at least 4 members (excludes halogenated alkanes) is 1. The Balaban J connectivity index is 1.86. The second-order valence-electron chi connectivity index (χ2n) is 8.30. The number of carbonyl (C=O) groups is 2. The van der Waals surface area contributed by atoms with Gasteiger partial charge in [-0.25, -0.2) is 0 Å². The van der Waals surface area contributed by atoms with E-state index in [0.29, 0.717) is 25.7 Å². The van der Waals surface area contributed by atoms with Crippen molar-refractivity contribution in [1.82, 2.24) is 0 Å². The molecule has 0 spiro atoms. The Morgan fingerprint density at radius 3 is 2.64 bits per heavy atom. The monoisotopic (exact) mass is 390 g/mol. The van der Waals surface area contributed by atoms with Crippen LogP contribution in [0.3, 0.4) is 0 Å². The van der Waals surface area contributed by atoms with Gasteiger partial charge in [0.1, 0.15) is 5.78 Å². The molecule has 2 aliphatic carbocycles. The summed E-state index contributed by atoms with van der Waals surface area (Å²) in [6.45, 7) is 3.80. The predicted octanol–water partition coefficient (Wildman–Crippen LogP) is 3.81. The Kier molecular flexibility index (Phi) is 8.64. The molecule has 0 saturated heterocycles. The van der Waals surface area contributed by atoms with Gasteiger partial charge in [-0.2, -0.15) is 0 Å². The molecule has 5 heteroatoms. The molecule has 4 atom stereocenters. The number of ketones is 1. The predicted molar refractivity (Wildman–Crippen MR) is 109 cm³/mol. The number of Topliss-reactive ketones (excluding diaryl/α,β-unsaturated/α-hetero) is 1. The van der Waals surface area contributed by atoms with Crippen molar-refractivity contribution in [2.75, 3.05) is 0 Å². The highest BCUT2D eigenvalue weighted by atomic mass is 16.4. The Hall–Kier alpha value is -1.72. The van der Waals surface area contributed by atoms with E-state index in [1.807, 2.05) is 30.4 Å². The lowest BCUT2D eigenvalue weighted by Gasteiger charge is -2.45. The molecular weight excluding hydrogens is 356 g/mol. The van der Waals surface area contributed by atoms with Gasteiger partial charge in [0.25, 0.3) is 0 Å². The number of aliphatic carboxylic acids is 1. The smallest absolute Gasteiger partial charge is 0.303 e. The highest BCUT2D eigenvalue weighted by Crippen LogP contribution is 2.48. The third-order valence-corrected chi connectivity index (χ3v) is 6.38. The van der Waals surface area contributed by atoms with Crippen LogP contribution in [-0.2, 0) is 9.59 Å². The summed E-state index contributed by atoms with van der Waals surface area (Å²) in [5.74, 6) is -1.20. The molecule has 0 radical (unpaired) electrons. The largest absolute Gasteiger partial charge is 0.481 e. The Labute approximate surface area is 167 Å². The first-order valence-corrected chi connectivity index (χ1v) is 10.4. The van der Waals surface area contributed by atoms with Crippen LogP contribution >= 0.6 is 0 Å². The molecule has 3 N–H and O–H groups in total. The molecule has 2 aliphatic rings. The number of carboxylic acids is 1. The quantitative estimate of drug-likeness (QED) is 0.348. The van der Waals surface area contributed by atoms with Crippen LogP contribution in [0.5, 0.6) is 0 Å². The summed E-state index contributed by atoms with van der Waals surface area (Å²) in [4.78, 5) is 22.7. The minimum atomic E-state index is -0.799. The van der Waals surface area contributed by atoms with Gasteiger partial charge in [-0.3, -0.25) is 9.59 Å². The average Bonchev–Trinajstić information content (AvgIpc) is 2.87. The molecule has 0 amide bonds. The highest BCUT2D eigenvalue weighted by molar-refractivity contribution is 5.84. The summed E-state index contributed by atoms with van der Waals surface area (Å²) in [5, 5.41) is 29.5. The lowest BCUT2D eigenvalue weighted by molar-refractivity contribution is -0.137. The van der Waals surface area contributed by atoms with Crippen molar-refractivity contribution in [2.45, 2.75) is 76.4 Å². The summed E-state index contributed by atoms with van der Waals surface area (Å²) < 4.78 is 0. The van der Waals surface area contributed by atoms with E-state index in [1.165, 1.54) is 0 Å². The van der Waals surface area contributed by atoms with Crippen molar-refractivity contribution in [1.29, 1.82) is 0 Å². The molecule has 0 aromatic heterocycles. The van der Waals surface area contributed by atoms with Gasteiger partial charge in [-0.15, -0.1) is 6.58 Å². The van der Waals surface area contributed by atoms with E-state index in [-0.39, 0.29) is 35.9 Å². The van der Waals surface area contributed by atoms with E-state index in [0.717, 1.165) is 25.7 Å². The first-order chi connectivity index (χ1) is 13.4. The van der Waals surface area contributed by atoms with Crippen LogP contribution in [0.4, 0.5) is 0 Å². The Morgan fingerprint density at radius 1 is 1.29 bits per heavy atom. The molecule has 28 heavy (non-hydrogen) atoms. The van der Waals surface area contributed by atoms with E-state index >= 15 is 0 Å². The lowest BCUT2D eigenvalue weighted by Crippen LogP contribution is -2.40. The van der Waals surface area contributed by atoms with Gasteiger partial charge in [0, 0.05) is 30.1 Å². The zero-order valence-electron chi connectivity index (χ0n) is 16.6. The third kappa shape index (κ3) is 5.89. The van der Waals surface area contributed by atoms with Crippen molar-refractivity contribution >= 4 is 11.8 Å². The van der Waals surface area contributed by atoms with Crippen molar-refractivity contribution in [2.24, 2.45) is 17.3 Å². The van der Waals surface area contributed by atoms with E-state index in [2.05, 4.69) is 6.58 Å². The third-order valence-electron chi connectivity index (χ3n) is 6.38. The zero-order valence-corrected chi connectivity index (χ0v) is 16.6. The summed E-state index contributed by atoms with van der Waals surface area (Å²) in [6, 6.07) is 0. The van der Waals surface area contributed by atoms with E-state index in [9.17, 15) is 19.8 Å². The lowest BCUT2D eigenvalue weighted by atomic mass is 9.62. The average molecular weight is 391 g/mol. The van der Waals surface area contributed by atoms with Crippen LogP contribution in [0, 0.1) is 17.3 Å². The van der Waals surface area contributed by atoms with Crippen molar-refractivity contribution < 1.29 is 24.9 Å². The molecule has 2 rings (SSSR count). The molecular formula is C23H34O5. The van der Waals surface area contributed by atoms with Crippen molar-refractivity contribution in [3.8, 4) is 0 Å². The minimum Gasteiger partial charge on any atom is -0.481 e. The number of aliphatic hydroxyl groups excluding tert-OH is 2. The molecule has 2 fully saturated rings. The summed E-state index contributed by atoms with van der Waals surface area (Å²) in [5.41, 5.74) is -0.0473. The van der Waals surface area contributed by atoms with Gasteiger partial charge in [-0.1, -0.05) is 36.8 Å². The Morgan fingerprint density at radius 2 is 2.04 bits per heavy atom. The minimum absolute atomic E-state index is 0.0473. The fraction of sp³-hybridized carbons (Fsp3) is 0.652. The van der Waals surface area contributed by atoms with E-state index in [4.69, 9.17) is 5.11 Å². The van der Waals surface area contributed by atoms with E-state index < -0.39 is 18.2 Å². The first kappa shape index (κ1) is 22.6. The highest BCUT2D eigenvalue weighted by Gasteiger charge is 2.42. The SMILES string of the molecule is C=CCC1(C(O)CC=C[C@H]2C(O)CC(=O)[C@@H]2CC=CCCCC(=O)O)CCC1. The summed E-state index contributed by atoms with van der Waals surface area (Å²) in [6.07, 6.45) is 15.1. The second-order valence-corrected chi connectivity index (χ2v) is 8.30. The molecule has 0 aliphatic heterocycles. The van der Waals surface area contributed by atoms with Crippen LogP contribution < -0.4 is 0 Å². The number of allylic oxidation sites excluding steroid dienone is 3. The van der Waals surface area contributed by atoms with E-state index in [1.54, 1.807) is 0 Å². The maximum atomic E-state index is 12.2. The number of hydrogen-bond acceptors (Lipinski definition) is 4. The fourth-order valence-electron chi connectivity index (χ4n) is 4.47. The molecule has 0 heterocycles. The summed E-state index contributed by atoms with van der Waals surface area (Å²) >= 11 is 0. The van der Waals surface area contributed by atoms with Gasteiger partial charge in [0.2, 0.25) is 0 Å². The van der Waals surface area contributed by atoms with Crippen molar-refractivity contribution in [3.63, 3.8) is 0 Å². The molecule has 0 aromatic rings. The molecule has 0 bridgehead atoms. The van der Waals surface area contributed by atoms with Gasteiger partial charge in [0.05, 0.1) is 12.2 Å². The Bertz CT molecular complexity index is 602.